The zero-order chi connectivity index (χ0) is 15.4. The summed E-state index contributed by atoms with van der Waals surface area (Å²) in [5.41, 5.74) is 0. The number of amides is 1. The number of benzene rings is 1. The van der Waals surface area contributed by atoms with Crippen molar-refractivity contribution in [2.45, 2.75) is 6.54 Å². The van der Waals surface area contributed by atoms with Gasteiger partial charge in [-0.15, -0.1) is 0 Å². The van der Waals surface area contributed by atoms with E-state index in [1.54, 1.807) is 25.4 Å². The normalized spacial score (nSPS) is 10.5. The Bertz CT molecular complexity index is 629. The zero-order valence-electron chi connectivity index (χ0n) is 11.1. The molecule has 0 atom stereocenters. The second-order valence-electron chi connectivity index (χ2n) is 4.31. The highest BCUT2D eigenvalue weighted by molar-refractivity contribution is 6.43. The molecule has 0 radical (unpaired) electrons. The summed E-state index contributed by atoms with van der Waals surface area (Å²) in [6, 6.07) is 6.50. The van der Waals surface area contributed by atoms with E-state index in [4.69, 9.17) is 44.0 Å². The Labute approximate surface area is 137 Å². The molecule has 0 unspecified atom stereocenters. The van der Waals surface area contributed by atoms with Crippen molar-refractivity contribution in [1.82, 2.24) is 4.90 Å². The smallest absolute Gasteiger partial charge is 0.260 e. The van der Waals surface area contributed by atoms with E-state index in [0.29, 0.717) is 33.1 Å². The van der Waals surface area contributed by atoms with E-state index >= 15 is 0 Å². The molecule has 4 nitrogen and oxygen atoms in total. The van der Waals surface area contributed by atoms with E-state index < -0.39 is 0 Å². The van der Waals surface area contributed by atoms with Gasteiger partial charge in [0.25, 0.3) is 5.91 Å². The largest absolute Gasteiger partial charge is 0.482 e. The number of hydrogen-bond donors (Lipinski definition) is 0. The third kappa shape index (κ3) is 4.30. The zero-order valence-corrected chi connectivity index (χ0v) is 13.4. The fraction of sp³-hybridized carbons (Fsp3) is 0.214. The second-order valence-corrected chi connectivity index (χ2v) is 5.54. The van der Waals surface area contributed by atoms with E-state index in [-0.39, 0.29) is 12.5 Å². The van der Waals surface area contributed by atoms with Crippen molar-refractivity contribution >= 4 is 40.7 Å². The summed E-state index contributed by atoms with van der Waals surface area (Å²) >= 11 is 17.7. The lowest BCUT2D eigenvalue weighted by atomic mass is 10.3. The van der Waals surface area contributed by atoms with Gasteiger partial charge in [0.05, 0.1) is 27.9 Å². The van der Waals surface area contributed by atoms with Crippen LogP contribution in [-0.2, 0) is 11.3 Å². The van der Waals surface area contributed by atoms with Gasteiger partial charge in [-0.25, -0.2) is 0 Å². The number of carbonyl (C=O) groups is 1. The maximum atomic E-state index is 12.0. The van der Waals surface area contributed by atoms with Crippen LogP contribution in [0.5, 0.6) is 5.75 Å². The number of rotatable bonds is 5. The average molecular weight is 349 g/mol. The highest BCUT2D eigenvalue weighted by Gasteiger charge is 2.13. The summed E-state index contributed by atoms with van der Waals surface area (Å²) < 4.78 is 10.6. The van der Waals surface area contributed by atoms with Crippen molar-refractivity contribution in [1.29, 1.82) is 0 Å². The number of ether oxygens (including phenoxy) is 1. The molecule has 0 saturated carbocycles. The average Bonchev–Trinajstić information content (AvgIpc) is 2.93. The maximum Gasteiger partial charge on any atom is 0.260 e. The van der Waals surface area contributed by atoms with Gasteiger partial charge >= 0.3 is 0 Å². The van der Waals surface area contributed by atoms with Crippen LogP contribution in [-0.4, -0.2) is 24.5 Å². The van der Waals surface area contributed by atoms with Gasteiger partial charge in [0.1, 0.15) is 11.5 Å². The summed E-state index contributed by atoms with van der Waals surface area (Å²) in [6.07, 6.45) is 1.56. The lowest BCUT2D eigenvalue weighted by molar-refractivity contribution is -0.132. The maximum absolute atomic E-state index is 12.0. The molecule has 0 fully saturated rings. The SMILES string of the molecule is CN(Cc1ccco1)C(=O)COc1cc(Cl)c(Cl)cc1Cl. The molecule has 0 bridgehead atoms. The highest BCUT2D eigenvalue weighted by Crippen LogP contribution is 2.33. The molecule has 0 aliphatic rings. The minimum Gasteiger partial charge on any atom is -0.482 e. The van der Waals surface area contributed by atoms with Gasteiger partial charge in [0.15, 0.2) is 6.61 Å². The van der Waals surface area contributed by atoms with Crippen molar-refractivity contribution < 1.29 is 13.9 Å². The first-order valence-electron chi connectivity index (χ1n) is 6.01. The summed E-state index contributed by atoms with van der Waals surface area (Å²) in [5, 5.41) is 0.939. The first-order chi connectivity index (χ1) is 9.97. The molecule has 0 saturated heterocycles. The molecule has 7 heteroatoms. The van der Waals surface area contributed by atoms with Crippen LogP contribution in [0, 0.1) is 0 Å². The van der Waals surface area contributed by atoms with Crippen LogP contribution in [0.4, 0.5) is 0 Å². The van der Waals surface area contributed by atoms with Crippen molar-refractivity contribution in [3.05, 3.63) is 51.4 Å². The number of furan rings is 1. The van der Waals surface area contributed by atoms with Gasteiger partial charge < -0.3 is 14.1 Å². The van der Waals surface area contributed by atoms with Crippen LogP contribution in [0.25, 0.3) is 0 Å². The molecule has 2 rings (SSSR count). The van der Waals surface area contributed by atoms with Crippen LogP contribution in [0.2, 0.25) is 15.1 Å². The molecular weight excluding hydrogens is 337 g/mol. The number of halogens is 3. The number of nitrogens with zero attached hydrogens (tertiary/aromatic N) is 1. The first kappa shape index (κ1) is 16.0. The molecular formula is C14H12Cl3NO3. The van der Waals surface area contributed by atoms with Crippen molar-refractivity contribution in [3.8, 4) is 5.75 Å². The lowest BCUT2D eigenvalue weighted by Gasteiger charge is -2.16. The van der Waals surface area contributed by atoms with E-state index in [9.17, 15) is 4.79 Å². The van der Waals surface area contributed by atoms with Gasteiger partial charge in [0, 0.05) is 13.1 Å². The van der Waals surface area contributed by atoms with Crippen LogP contribution in [0.15, 0.2) is 34.9 Å². The third-order valence-corrected chi connectivity index (χ3v) is 3.74. The number of hydrogen-bond acceptors (Lipinski definition) is 3. The molecule has 1 aromatic carbocycles. The second kappa shape index (κ2) is 7.07. The Morgan fingerprint density at radius 2 is 1.95 bits per heavy atom. The topological polar surface area (TPSA) is 42.7 Å². The Morgan fingerprint density at radius 1 is 1.24 bits per heavy atom. The monoisotopic (exact) mass is 347 g/mol. The fourth-order valence-electron chi connectivity index (χ4n) is 1.59. The molecule has 0 aliphatic carbocycles. The van der Waals surface area contributed by atoms with Crippen molar-refractivity contribution in [2.24, 2.45) is 0 Å². The van der Waals surface area contributed by atoms with Gasteiger partial charge in [-0.3, -0.25) is 4.79 Å². The van der Waals surface area contributed by atoms with E-state index in [0.717, 1.165) is 0 Å². The Balaban J connectivity index is 1.93. The Kier molecular flexibility index (Phi) is 5.39. The summed E-state index contributed by atoms with van der Waals surface area (Å²) in [7, 11) is 1.66. The first-order valence-corrected chi connectivity index (χ1v) is 7.14. The molecule has 1 aromatic heterocycles. The highest BCUT2D eigenvalue weighted by atomic mass is 35.5. The standard InChI is InChI=1S/C14H12Cl3NO3/c1-18(7-9-3-2-4-20-9)14(19)8-21-13-6-11(16)10(15)5-12(13)17/h2-6H,7-8H2,1H3. The van der Waals surface area contributed by atoms with Gasteiger partial charge in [0.2, 0.25) is 0 Å². The van der Waals surface area contributed by atoms with E-state index in [2.05, 4.69) is 0 Å². The Hall–Kier alpha value is -1.36. The van der Waals surface area contributed by atoms with Crippen molar-refractivity contribution in [2.75, 3.05) is 13.7 Å². The van der Waals surface area contributed by atoms with Crippen LogP contribution in [0.3, 0.4) is 0 Å². The Morgan fingerprint density at radius 3 is 2.62 bits per heavy atom. The van der Waals surface area contributed by atoms with Crippen LogP contribution >= 0.6 is 34.8 Å². The molecule has 1 amide bonds. The van der Waals surface area contributed by atoms with Gasteiger partial charge in [-0.05, 0) is 18.2 Å². The molecule has 21 heavy (non-hydrogen) atoms. The molecule has 0 spiro atoms. The number of likely N-dealkylation sites (N-methyl/N-ethyl adjacent to an activating group) is 1. The molecule has 112 valence electrons. The van der Waals surface area contributed by atoms with Crippen LogP contribution in [0.1, 0.15) is 5.76 Å². The van der Waals surface area contributed by atoms with Crippen molar-refractivity contribution in [3.63, 3.8) is 0 Å². The third-order valence-electron chi connectivity index (χ3n) is 2.72. The predicted molar refractivity (Wildman–Crippen MR) is 82.1 cm³/mol. The minimum atomic E-state index is -0.214. The van der Waals surface area contributed by atoms with E-state index in [1.807, 2.05) is 0 Å². The molecule has 2 aromatic rings. The van der Waals surface area contributed by atoms with Gasteiger partial charge in [-0.1, -0.05) is 34.8 Å². The summed E-state index contributed by atoms with van der Waals surface area (Å²) in [5.74, 6) is 0.790. The lowest BCUT2D eigenvalue weighted by Crippen LogP contribution is -2.30. The minimum absolute atomic E-state index is 0.158. The van der Waals surface area contributed by atoms with E-state index in [1.165, 1.54) is 17.0 Å². The summed E-state index contributed by atoms with van der Waals surface area (Å²) in [6.45, 7) is 0.208. The molecule has 0 N–H and O–H groups in total. The molecule has 1 heterocycles. The predicted octanol–water partition coefficient (Wildman–Crippen LogP) is 4.28. The summed E-state index contributed by atoms with van der Waals surface area (Å²) in [4.78, 5) is 13.5. The van der Waals surface area contributed by atoms with Gasteiger partial charge in [-0.2, -0.15) is 0 Å². The quantitative estimate of drug-likeness (QED) is 0.758. The molecule has 0 aliphatic heterocycles. The fourth-order valence-corrected chi connectivity index (χ4v) is 2.18. The number of carbonyl (C=O) groups excluding carboxylic acids is 1. The van der Waals surface area contributed by atoms with Crippen LogP contribution < -0.4 is 4.74 Å².